The van der Waals surface area contributed by atoms with Gasteiger partial charge in [0.25, 0.3) is 5.91 Å². The molecule has 0 aliphatic heterocycles. The normalized spacial score (nSPS) is 13.9. The number of ether oxygens (including phenoxy) is 2. The highest BCUT2D eigenvalue weighted by Gasteiger charge is 2.21. The number of anilines is 2. The largest absolute Gasteiger partial charge is 0.513 e. The van der Waals surface area contributed by atoms with Gasteiger partial charge >= 0.3 is 6.16 Å². The number of nitrogens with one attached hydrogen (secondary N) is 2. The molecule has 0 atom stereocenters. The van der Waals surface area contributed by atoms with E-state index in [1.807, 2.05) is 0 Å². The van der Waals surface area contributed by atoms with E-state index in [1.165, 1.54) is 18.6 Å². The molecule has 7 heteroatoms. The molecule has 158 valence electrons. The van der Waals surface area contributed by atoms with E-state index in [9.17, 15) is 14.4 Å². The van der Waals surface area contributed by atoms with Crippen LogP contribution >= 0.6 is 0 Å². The fraction of sp³-hybridized carbons (Fsp3) is 0.348. The van der Waals surface area contributed by atoms with Crippen LogP contribution in [0, 0.1) is 5.92 Å². The Balaban J connectivity index is 1.58. The summed E-state index contributed by atoms with van der Waals surface area (Å²) in [6, 6.07) is 13.2. The number of amides is 2. The van der Waals surface area contributed by atoms with Crippen molar-refractivity contribution in [1.29, 1.82) is 0 Å². The summed E-state index contributed by atoms with van der Waals surface area (Å²) >= 11 is 0. The molecule has 0 bridgehead atoms. The molecule has 1 fully saturated rings. The molecule has 0 aromatic heterocycles. The van der Waals surface area contributed by atoms with Gasteiger partial charge in [0, 0.05) is 22.9 Å². The van der Waals surface area contributed by atoms with Gasteiger partial charge in [0.05, 0.1) is 6.61 Å². The minimum atomic E-state index is -0.790. The Morgan fingerprint density at radius 2 is 1.60 bits per heavy atom. The van der Waals surface area contributed by atoms with Gasteiger partial charge < -0.3 is 20.1 Å². The number of benzene rings is 2. The number of hydrogen-bond donors (Lipinski definition) is 2. The zero-order chi connectivity index (χ0) is 21.3. The van der Waals surface area contributed by atoms with E-state index in [4.69, 9.17) is 9.47 Å². The molecule has 1 saturated carbocycles. The number of carbonyl (C=O) groups excluding carboxylic acids is 3. The third-order valence-corrected chi connectivity index (χ3v) is 4.94. The summed E-state index contributed by atoms with van der Waals surface area (Å²) < 4.78 is 9.69. The van der Waals surface area contributed by atoms with Gasteiger partial charge in [-0.15, -0.1) is 0 Å². The molecule has 2 aromatic carbocycles. The van der Waals surface area contributed by atoms with Crippen molar-refractivity contribution < 1.29 is 23.9 Å². The van der Waals surface area contributed by atoms with E-state index in [0.717, 1.165) is 25.7 Å². The molecule has 30 heavy (non-hydrogen) atoms. The van der Waals surface area contributed by atoms with Crippen LogP contribution in [-0.4, -0.2) is 24.6 Å². The first kappa shape index (κ1) is 21.4. The summed E-state index contributed by atoms with van der Waals surface area (Å²) in [6.07, 6.45) is 4.45. The smallest absolute Gasteiger partial charge is 0.434 e. The Labute approximate surface area is 175 Å². The van der Waals surface area contributed by atoms with Crippen molar-refractivity contribution in [3.8, 4) is 5.75 Å². The van der Waals surface area contributed by atoms with Crippen molar-refractivity contribution in [3.05, 3.63) is 54.1 Å². The van der Waals surface area contributed by atoms with Crippen molar-refractivity contribution in [2.24, 2.45) is 5.92 Å². The second kappa shape index (κ2) is 10.4. The first-order valence-corrected chi connectivity index (χ1v) is 10.2. The van der Waals surface area contributed by atoms with Gasteiger partial charge in [-0.3, -0.25) is 9.59 Å². The van der Waals surface area contributed by atoms with Crippen LogP contribution < -0.4 is 15.4 Å². The van der Waals surface area contributed by atoms with Gasteiger partial charge in [-0.05, 0) is 62.2 Å². The van der Waals surface area contributed by atoms with Crippen molar-refractivity contribution in [2.45, 2.75) is 39.0 Å². The molecule has 0 saturated heterocycles. The number of carbonyl (C=O) groups is 3. The molecule has 0 spiro atoms. The zero-order valence-electron chi connectivity index (χ0n) is 17.0. The Morgan fingerprint density at radius 3 is 2.27 bits per heavy atom. The molecule has 1 aliphatic rings. The molecule has 1 aliphatic carbocycles. The van der Waals surface area contributed by atoms with E-state index in [1.54, 1.807) is 43.3 Å². The van der Waals surface area contributed by atoms with Gasteiger partial charge in [-0.2, -0.15) is 0 Å². The minimum Gasteiger partial charge on any atom is -0.434 e. The van der Waals surface area contributed by atoms with Crippen LogP contribution in [0.4, 0.5) is 16.2 Å². The van der Waals surface area contributed by atoms with E-state index >= 15 is 0 Å². The summed E-state index contributed by atoms with van der Waals surface area (Å²) in [5.41, 5.74) is 1.64. The maximum atomic E-state index is 12.5. The van der Waals surface area contributed by atoms with Crippen molar-refractivity contribution in [3.63, 3.8) is 0 Å². The first-order valence-electron chi connectivity index (χ1n) is 10.2. The standard InChI is InChI=1S/C23H26N2O5/c1-2-29-23(28)30-20-13-11-17(12-14-20)22(27)25-19-10-6-9-18(15-19)24-21(26)16-7-4-3-5-8-16/h6,9-16H,2-5,7-8H2,1H3,(H,24,26)(H,25,27). The molecule has 0 radical (unpaired) electrons. The predicted octanol–water partition coefficient (Wildman–Crippen LogP) is 4.99. The van der Waals surface area contributed by atoms with Crippen LogP contribution in [0.1, 0.15) is 49.4 Å². The van der Waals surface area contributed by atoms with Crippen molar-refractivity contribution in [2.75, 3.05) is 17.2 Å². The van der Waals surface area contributed by atoms with Crippen LogP contribution in [0.3, 0.4) is 0 Å². The second-order valence-electron chi connectivity index (χ2n) is 7.17. The Morgan fingerprint density at radius 1 is 0.933 bits per heavy atom. The van der Waals surface area contributed by atoms with Crippen LogP contribution in [0.5, 0.6) is 5.75 Å². The maximum Gasteiger partial charge on any atom is 0.513 e. The Bertz CT molecular complexity index is 889. The van der Waals surface area contributed by atoms with Gasteiger partial charge in [0.2, 0.25) is 5.91 Å². The van der Waals surface area contributed by atoms with Crippen molar-refractivity contribution in [1.82, 2.24) is 0 Å². The van der Waals surface area contributed by atoms with Gasteiger partial charge in [0.15, 0.2) is 0 Å². The SMILES string of the molecule is CCOC(=O)Oc1ccc(C(=O)Nc2cccc(NC(=O)C3CCCCC3)c2)cc1. The maximum absolute atomic E-state index is 12.5. The lowest BCUT2D eigenvalue weighted by Crippen LogP contribution is -2.24. The second-order valence-corrected chi connectivity index (χ2v) is 7.17. The van der Waals surface area contributed by atoms with Gasteiger partial charge in [-0.1, -0.05) is 25.3 Å². The summed E-state index contributed by atoms with van der Waals surface area (Å²) in [4.78, 5) is 36.3. The third kappa shape index (κ3) is 6.07. The Kier molecular flexibility index (Phi) is 7.43. The molecule has 3 rings (SSSR count). The summed E-state index contributed by atoms with van der Waals surface area (Å²) in [5, 5.41) is 5.76. The lowest BCUT2D eigenvalue weighted by atomic mass is 9.88. The van der Waals surface area contributed by atoms with E-state index in [2.05, 4.69) is 10.6 Å². The molecule has 2 aromatic rings. The summed E-state index contributed by atoms with van der Waals surface area (Å²) in [5.74, 6) is 0.0774. The molecule has 0 heterocycles. The average molecular weight is 410 g/mol. The number of hydrogen-bond acceptors (Lipinski definition) is 5. The molecular formula is C23H26N2O5. The lowest BCUT2D eigenvalue weighted by Gasteiger charge is -2.20. The lowest BCUT2D eigenvalue weighted by molar-refractivity contribution is -0.120. The first-order chi connectivity index (χ1) is 14.5. The van der Waals surface area contributed by atoms with Crippen LogP contribution in [-0.2, 0) is 9.53 Å². The topological polar surface area (TPSA) is 93.7 Å². The van der Waals surface area contributed by atoms with Crippen molar-refractivity contribution >= 4 is 29.3 Å². The highest BCUT2D eigenvalue weighted by Crippen LogP contribution is 2.25. The summed E-state index contributed by atoms with van der Waals surface area (Å²) in [7, 11) is 0. The van der Waals surface area contributed by atoms with Crippen LogP contribution in [0.2, 0.25) is 0 Å². The molecule has 2 amide bonds. The highest BCUT2D eigenvalue weighted by molar-refractivity contribution is 6.04. The van der Waals surface area contributed by atoms with Crippen LogP contribution in [0.25, 0.3) is 0 Å². The quantitative estimate of drug-likeness (QED) is 0.517. The zero-order valence-corrected chi connectivity index (χ0v) is 17.0. The molecule has 2 N–H and O–H groups in total. The third-order valence-electron chi connectivity index (χ3n) is 4.94. The van der Waals surface area contributed by atoms with E-state index in [-0.39, 0.29) is 30.1 Å². The molecule has 7 nitrogen and oxygen atoms in total. The van der Waals surface area contributed by atoms with E-state index < -0.39 is 6.16 Å². The average Bonchev–Trinajstić information content (AvgIpc) is 2.75. The van der Waals surface area contributed by atoms with Gasteiger partial charge in [0.1, 0.15) is 5.75 Å². The highest BCUT2D eigenvalue weighted by atomic mass is 16.7. The van der Waals surface area contributed by atoms with Gasteiger partial charge in [-0.25, -0.2) is 4.79 Å². The molecular weight excluding hydrogens is 384 g/mol. The monoisotopic (exact) mass is 410 g/mol. The number of rotatable bonds is 6. The molecule has 0 unspecified atom stereocenters. The summed E-state index contributed by atoms with van der Waals surface area (Å²) in [6.45, 7) is 1.91. The predicted molar refractivity (Wildman–Crippen MR) is 114 cm³/mol. The fourth-order valence-electron chi connectivity index (χ4n) is 3.40. The van der Waals surface area contributed by atoms with Crippen LogP contribution in [0.15, 0.2) is 48.5 Å². The minimum absolute atomic E-state index is 0.0374. The Hall–Kier alpha value is -3.35. The van der Waals surface area contributed by atoms with E-state index in [0.29, 0.717) is 16.9 Å². The fourth-order valence-corrected chi connectivity index (χ4v) is 3.40.